The predicted molar refractivity (Wildman–Crippen MR) is 427 cm³/mol. The number of phosphoric acid groups is 2. The Balaban J connectivity index is 4.81. The van der Waals surface area contributed by atoms with Gasteiger partial charge in [0.05, 0.1) is 26.4 Å². The largest absolute Gasteiger partial charge is 0.472 e. The molecule has 20 nitrogen and oxygen atoms in total. The van der Waals surface area contributed by atoms with E-state index in [9.17, 15) is 47.7 Å². The average Bonchev–Trinajstić information content (AvgIpc) is 0.920. The minimum Gasteiger partial charge on any atom is -0.462 e. The Labute approximate surface area is 641 Å². The van der Waals surface area contributed by atoms with Crippen LogP contribution >= 0.6 is 37.2 Å². The summed E-state index contributed by atoms with van der Waals surface area (Å²) in [5, 5.41) is 5.26. The maximum atomic E-state index is 12.9. The Kier molecular flexibility index (Phi) is 75.8. The Morgan fingerprint density at radius 1 is 0.288 bits per heavy atom. The van der Waals surface area contributed by atoms with Crippen molar-refractivity contribution in [3.63, 3.8) is 0 Å². The smallest absolute Gasteiger partial charge is 0.462 e. The zero-order valence-electron chi connectivity index (χ0n) is 66.4. The van der Waals surface area contributed by atoms with E-state index in [2.05, 4.69) is 38.3 Å². The second-order valence-electron chi connectivity index (χ2n) is 28.6. The van der Waals surface area contributed by atoms with E-state index in [1.54, 1.807) is 0 Å². The SMILES string of the molecule is CCCCCCCCCCCCCCCC(=O)OCC(COP(=O)(O)OCCNC(=O)CCSSCCC(=O)NCCOP(=O)(O)OCC(COC(=O)CCCCCCCCCCCCCCC)OC(=O)CCCCCCCCCCCCCCC)OC(=O)CCCCCCCCCCCCCCC. The zero-order valence-corrected chi connectivity index (χ0v) is 69.8. The van der Waals surface area contributed by atoms with E-state index in [1.807, 2.05) is 0 Å². The van der Waals surface area contributed by atoms with Gasteiger partial charge < -0.3 is 39.4 Å². The van der Waals surface area contributed by atoms with E-state index >= 15 is 0 Å². The van der Waals surface area contributed by atoms with Crippen molar-refractivity contribution in [1.82, 2.24) is 10.6 Å². The second kappa shape index (κ2) is 77.5. The van der Waals surface area contributed by atoms with Crippen molar-refractivity contribution in [2.75, 3.05) is 64.2 Å². The van der Waals surface area contributed by atoms with Crippen LogP contribution in [0.25, 0.3) is 0 Å². The summed E-state index contributed by atoms with van der Waals surface area (Å²) in [5.41, 5.74) is 0. The number of esters is 4. The average molecular weight is 1560 g/mol. The number of unbranched alkanes of at least 4 members (excludes halogenated alkanes) is 48. The zero-order chi connectivity index (χ0) is 76.2. The van der Waals surface area contributed by atoms with Gasteiger partial charge in [-0.2, -0.15) is 0 Å². The lowest BCUT2D eigenvalue weighted by Crippen LogP contribution is -2.30. The quantitative estimate of drug-likeness (QED) is 0.0145. The molecule has 0 spiro atoms. The maximum Gasteiger partial charge on any atom is 0.472 e. The molecule has 0 fully saturated rings. The molecule has 24 heteroatoms. The first-order valence-corrected chi connectivity index (χ1v) is 47.8. The maximum absolute atomic E-state index is 12.9. The molecule has 0 radical (unpaired) electrons. The summed E-state index contributed by atoms with van der Waals surface area (Å²) in [5.74, 6) is -1.75. The van der Waals surface area contributed by atoms with Crippen LogP contribution in [0.4, 0.5) is 0 Å². The van der Waals surface area contributed by atoms with Crippen LogP contribution in [-0.2, 0) is 74.9 Å². The summed E-state index contributed by atoms with van der Waals surface area (Å²) in [6.07, 6.45) is 59.8. The number of carbonyl (C=O) groups is 6. The Hall–Kier alpha value is -2.26. The summed E-state index contributed by atoms with van der Waals surface area (Å²) < 4.78 is 68.5. The van der Waals surface area contributed by atoms with Crippen molar-refractivity contribution < 1.29 is 84.7 Å². The normalized spacial score (nSPS) is 13.2. The van der Waals surface area contributed by atoms with Crippen LogP contribution in [0.3, 0.4) is 0 Å². The third-order valence-corrected chi connectivity index (χ3v) is 22.9. The Morgan fingerprint density at radius 2 is 0.500 bits per heavy atom. The number of phosphoric ester groups is 2. The molecule has 0 aromatic rings. The Morgan fingerprint density at radius 3 is 0.731 bits per heavy atom. The molecule has 0 aliphatic rings. The monoisotopic (exact) mass is 1560 g/mol. The summed E-state index contributed by atoms with van der Waals surface area (Å²) in [4.78, 5) is 97.4. The topological polar surface area (TPSA) is 275 Å². The lowest BCUT2D eigenvalue weighted by molar-refractivity contribution is -0.161. The highest BCUT2D eigenvalue weighted by molar-refractivity contribution is 8.76. The molecule has 0 aliphatic heterocycles. The first-order valence-electron chi connectivity index (χ1n) is 42.3. The molecule has 4 atom stereocenters. The number of carbonyl (C=O) groups excluding carboxylic acids is 6. The molecular weight excluding hydrogens is 1400 g/mol. The highest BCUT2D eigenvalue weighted by atomic mass is 33.1. The van der Waals surface area contributed by atoms with Gasteiger partial charge in [0, 0.05) is 63.1 Å². The number of amides is 2. The number of hydrogen-bond acceptors (Lipinski definition) is 18. The Bertz CT molecular complexity index is 1960. The van der Waals surface area contributed by atoms with Gasteiger partial charge in [-0.05, 0) is 25.7 Å². The van der Waals surface area contributed by atoms with Crippen molar-refractivity contribution in [1.29, 1.82) is 0 Å². The fraction of sp³-hybridized carbons (Fsp3) is 0.925. The molecule has 0 saturated heterocycles. The van der Waals surface area contributed by atoms with E-state index in [0.717, 1.165) is 77.0 Å². The predicted octanol–water partition coefficient (Wildman–Crippen LogP) is 22.5. The first-order chi connectivity index (χ1) is 50.6. The number of hydrogen-bond donors (Lipinski definition) is 4. The fourth-order valence-electron chi connectivity index (χ4n) is 12.1. The molecule has 0 aromatic carbocycles. The van der Waals surface area contributed by atoms with Gasteiger partial charge in [0.25, 0.3) is 0 Å². The van der Waals surface area contributed by atoms with Gasteiger partial charge in [0.2, 0.25) is 11.8 Å². The third kappa shape index (κ3) is 76.5. The second-order valence-corrected chi connectivity index (χ2v) is 34.2. The van der Waals surface area contributed by atoms with Crippen LogP contribution in [0.5, 0.6) is 0 Å². The third-order valence-electron chi connectivity index (χ3n) is 18.5. The molecule has 4 N–H and O–H groups in total. The number of nitrogens with one attached hydrogen (secondary N) is 2. The van der Waals surface area contributed by atoms with E-state index in [4.69, 9.17) is 37.0 Å². The molecule has 2 amide bonds. The lowest BCUT2D eigenvalue weighted by Gasteiger charge is -2.20. The van der Waals surface area contributed by atoms with Gasteiger partial charge in [-0.25, -0.2) is 9.13 Å². The van der Waals surface area contributed by atoms with Gasteiger partial charge in [-0.15, -0.1) is 0 Å². The number of rotatable bonds is 83. The summed E-state index contributed by atoms with van der Waals surface area (Å²) in [6, 6.07) is 0. The standard InChI is InChI=1S/C80H154N2O18P2S2/c1-5-9-13-17-21-25-29-33-37-41-45-49-53-57-77(85)93-69-73(99-79(87)59-55-51-47-43-39-35-31-27-23-19-15-11-7-3)71-97-101(89,90)95-65-63-81-75(83)61-67-103-104-68-62-76(84)82-64-66-96-102(91,92)98-72-74(100-80(88)60-56-52-48-44-40-36-32-28-24-20-16-12-8-4)70-94-78(86)58-54-50-46-42-38-34-30-26-22-18-14-10-6-2/h73-74H,5-72H2,1-4H3,(H,81,83)(H,82,84)(H,89,90)(H,91,92). The molecule has 0 aromatic heterocycles. The highest BCUT2D eigenvalue weighted by Crippen LogP contribution is 2.44. The van der Waals surface area contributed by atoms with E-state index in [0.29, 0.717) is 37.2 Å². The molecule has 0 saturated carbocycles. The minimum absolute atomic E-state index is 0.0904. The minimum atomic E-state index is -4.67. The molecule has 0 bridgehead atoms. The summed E-state index contributed by atoms with van der Waals surface area (Å²) in [7, 11) is -6.58. The van der Waals surface area contributed by atoms with Crippen LogP contribution < -0.4 is 10.6 Å². The van der Waals surface area contributed by atoms with Gasteiger partial charge in [-0.1, -0.05) is 357 Å². The van der Waals surface area contributed by atoms with E-state index in [-0.39, 0.29) is 89.9 Å². The van der Waals surface area contributed by atoms with E-state index in [1.165, 1.54) is 253 Å². The molecule has 4 unspecified atom stereocenters. The molecule has 0 aliphatic carbocycles. The van der Waals surface area contributed by atoms with Crippen LogP contribution in [0.1, 0.15) is 400 Å². The van der Waals surface area contributed by atoms with Crippen molar-refractivity contribution in [3.8, 4) is 0 Å². The van der Waals surface area contributed by atoms with Gasteiger partial charge in [-0.3, -0.25) is 46.9 Å². The summed E-state index contributed by atoms with van der Waals surface area (Å²) >= 11 is 0. The first kappa shape index (κ1) is 102. The van der Waals surface area contributed by atoms with Gasteiger partial charge in [0.15, 0.2) is 12.2 Å². The van der Waals surface area contributed by atoms with Crippen molar-refractivity contribution in [3.05, 3.63) is 0 Å². The number of ether oxygens (including phenoxy) is 4. The summed E-state index contributed by atoms with van der Waals surface area (Å²) in [6.45, 7) is 6.29. The molecule has 104 heavy (non-hydrogen) atoms. The van der Waals surface area contributed by atoms with Crippen molar-refractivity contribution in [2.24, 2.45) is 0 Å². The van der Waals surface area contributed by atoms with Crippen LogP contribution in [0.2, 0.25) is 0 Å². The molecule has 0 rings (SSSR count). The highest BCUT2D eigenvalue weighted by Gasteiger charge is 2.28. The fourth-order valence-corrected chi connectivity index (χ4v) is 15.6. The van der Waals surface area contributed by atoms with Crippen LogP contribution in [0.15, 0.2) is 0 Å². The van der Waals surface area contributed by atoms with E-state index < -0.39 is 64.9 Å². The van der Waals surface area contributed by atoms with Crippen molar-refractivity contribution >= 4 is 72.9 Å². The van der Waals surface area contributed by atoms with Gasteiger partial charge >= 0.3 is 39.5 Å². The molecular formula is C80H154N2O18P2S2. The van der Waals surface area contributed by atoms with Crippen molar-refractivity contribution in [2.45, 2.75) is 412 Å². The van der Waals surface area contributed by atoms with Gasteiger partial charge in [0.1, 0.15) is 13.2 Å². The lowest BCUT2D eigenvalue weighted by atomic mass is 10.0. The molecule has 0 heterocycles. The van der Waals surface area contributed by atoms with Crippen LogP contribution in [0, 0.1) is 0 Å². The van der Waals surface area contributed by atoms with Crippen LogP contribution in [-0.4, -0.2) is 122 Å². The molecule has 614 valence electrons.